The van der Waals surface area contributed by atoms with Crippen molar-refractivity contribution in [2.75, 3.05) is 0 Å². The molecule has 5 nitrogen and oxygen atoms in total. The normalized spacial score (nSPS) is 26.1. The van der Waals surface area contributed by atoms with E-state index >= 15 is 0 Å². The van der Waals surface area contributed by atoms with Crippen molar-refractivity contribution in [3.05, 3.63) is 71.8 Å². The smallest absolute Gasteiger partial charge is 0.155 e. The second kappa shape index (κ2) is 8.56. The van der Waals surface area contributed by atoms with Gasteiger partial charge in [0.1, 0.15) is 18.3 Å². The molecule has 1 fully saturated rings. The highest BCUT2D eigenvalue weighted by atomic mass is 16.6. The minimum absolute atomic E-state index is 0.385. The zero-order valence-electron chi connectivity index (χ0n) is 13.9. The zero-order valence-corrected chi connectivity index (χ0v) is 13.9. The molecule has 0 radical (unpaired) electrons. The summed E-state index contributed by atoms with van der Waals surface area (Å²) < 4.78 is 11.4. The van der Waals surface area contributed by atoms with E-state index in [4.69, 9.17) is 9.47 Å². The highest BCUT2D eigenvalue weighted by Crippen LogP contribution is 2.29. The standard InChI is InChI=1S/C20H24O5/c21-17-12-11-16(24-13-14-7-3-1-4-8-14)20(25-17)19(23)18(22)15-9-5-2-6-10-15/h1-10,16-23H,11-13H2/t16-,17?,18+,19+,20+/m0/s1. The molecule has 1 aliphatic rings. The summed E-state index contributed by atoms with van der Waals surface area (Å²) in [5, 5.41) is 30.9. The van der Waals surface area contributed by atoms with Crippen LogP contribution in [0.15, 0.2) is 60.7 Å². The van der Waals surface area contributed by atoms with Crippen LogP contribution in [-0.2, 0) is 16.1 Å². The van der Waals surface area contributed by atoms with Crippen molar-refractivity contribution in [2.24, 2.45) is 0 Å². The highest BCUT2D eigenvalue weighted by Gasteiger charge is 2.39. The molecule has 0 bridgehead atoms. The average Bonchev–Trinajstić information content (AvgIpc) is 2.67. The third-order valence-electron chi connectivity index (χ3n) is 4.49. The molecule has 1 aliphatic heterocycles. The van der Waals surface area contributed by atoms with E-state index in [1.165, 1.54) is 0 Å². The third kappa shape index (κ3) is 4.66. The second-order valence-corrected chi connectivity index (χ2v) is 6.31. The van der Waals surface area contributed by atoms with Crippen molar-refractivity contribution < 1.29 is 24.8 Å². The molecule has 0 spiro atoms. The molecule has 1 saturated heterocycles. The summed E-state index contributed by atoms with van der Waals surface area (Å²) in [5.74, 6) is 0. The molecular formula is C20H24O5. The fraction of sp³-hybridized carbons (Fsp3) is 0.400. The van der Waals surface area contributed by atoms with Crippen molar-refractivity contribution in [1.82, 2.24) is 0 Å². The van der Waals surface area contributed by atoms with E-state index in [2.05, 4.69) is 0 Å². The van der Waals surface area contributed by atoms with Crippen LogP contribution >= 0.6 is 0 Å². The third-order valence-corrected chi connectivity index (χ3v) is 4.49. The van der Waals surface area contributed by atoms with Gasteiger partial charge >= 0.3 is 0 Å². The summed E-state index contributed by atoms with van der Waals surface area (Å²) in [5.41, 5.74) is 1.62. The number of hydrogen-bond acceptors (Lipinski definition) is 5. The van der Waals surface area contributed by atoms with Crippen LogP contribution in [-0.4, -0.2) is 39.9 Å². The molecule has 0 saturated carbocycles. The van der Waals surface area contributed by atoms with Gasteiger partial charge in [0, 0.05) is 6.42 Å². The second-order valence-electron chi connectivity index (χ2n) is 6.31. The summed E-state index contributed by atoms with van der Waals surface area (Å²) in [6, 6.07) is 18.7. The number of benzene rings is 2. The molecule has 0 aromatic heterocycles. The van der Waals surface area contributed by atoms with E-state index in [9.17, 15) is 15.3 Å². The lowest BCUT2D eigenvalue weighted by Crippen LogP contribution is -2.49. The molecule has 3 rings (SSSR count). The lowest BCUT2D eigenvalue weighted by atomic mass is 9.93. The predicted octanol–water partition coefficient (Wildman–Crippen LogP) is 2.16. The Morgan fingerprint density at radius 1 is 0.960 bits per heavy atom. The fourth-order valence-corrected chi connectivity index (χ4v) is 3.09. The Bertz CT molecular complexity index is 633. The first-order valence-corrected chi connectivity index (χ1v) is 8.55. The summed E-state index contributed by atoms with van der Waals surface area (Å²) in [6.07, 6.45) is -3.49. The van der Waals surface area contributed by atoms with Crippen LogP contribution in [0.25, 0.3) is 0 Å². The molecule has 0 amide bonds. The van der Waals surface area contributed by atoms with Gasteiger partial charge in [-0.2, -0.15) is 0 Å². The Morgan fingerprint density at radius 3 is 2.28 bits per heavy atom. The van der Waals surface area contributed by atoms with Crippen LogP contribution in [0.3, 0.4) is 0 Å². The number of ether oxygens (including phenoxy) is 2. The molecule has 1 unspecified atom stereocenters. The number of aliphatic hydroxyl groups is 3. The topological polar surface area (TPSA) is 79.2 Å². The van der Waals surface area contributed by atoms with Gasteiger partial charge in [-0.3, -0.25) is 0 Å². The van der Waals surface area contributed by atoms with Gasteiger partial charge in [0.05, 0.1) is 12.7 Å². The van der Waals surface area contributed by atoms with Crippen molar-refractivity contribution >= 4 is 0 Å². The number of aliphatic hydroxyl groups excluding tert-OH is 3. The first-order valence-electron chi connectivity index (χ1n) is 8.55. The Balaban J connectivity index is 1.68. The van der Waals surface area contributed by atoms with Gasteiger partial charge in [0.2, 0.25) is 0 Å². The summed E-state index contributed by atoms with van der Waals surface area (Å²) in [6.45, 7) is 0.385. The summed E-state index contributed by atoms with van der Waals surface area (Å²) in [4.78, 5) is 0. The zero-order chi connectivity index (χ0) is 17.6. The Hall–Kier alpha value is -1.76. The van der Waals surface area contributed by atoms with E-state index in [1.54, 1.807) is 24.3 Å². The molecule has 134 valence electrons. The molecule has 3 N–H and O–H groups in total. The van der Waals surface area contributed by atoms with Crippen molar-refractivity contribution in [1.29, 1.82) is 0 Å². The lowest BCUT2D eigenvalue weighted by molar-refractivity contribution is -0.247. The number of hydrogen-bond donors (Lipinski definition) is 3. The maximum absolute atomic E-state index is 10.6. The molecule has 2 aromatic carbocycles. The molecule has 5 atom stereocenters. The van der Waals surface area contributed by atoms with Crippen molar-refractivity contribution in [2.45, 2.75) is 50.2 Å². The van der Waals surface area contributed by atoms with Gasteiger partial charge in [0.15, 0.2) is 6.29 Å². The van der Waals surface area contributed by atoms with Gasteiger partial charge in [-0.1, -0.05) is 60.7 Å². The first kappa shape index (κ1) is 18.0. The lowest BCUT2D eigenvalue weighted by Gasteiger charge is -2.38. The summed E-state index contributed by atoms with van der Waals surface area (Å²) in [7, 11) is 0. The van der Waals surface area contributed by atoms with E-state index in [0.29, 0.717) is 25.0 Å². The maximum Gasteiger partial charge on any atom is 0.155 e. The molecule has 25 heavy (non-hydrogen) atoms. The van der Waals surface area contributed by atoms with Gasteiger partial charge in [-0.25, -0.2) is 0 Å². The fourth-order valence-electron chi connectivity index (χ4n) is 3.09. The van der Waals surface area contributed by atoms with E-state index < -0.39 is 30.7 Å². The van der Waals surface area contributed by atoms with Gasteiger partial charge < -0.3 is 24.8 Å². The Kier molecular flexibility index (Phi) is 6.18. The van der Waals surface area contributed by atoms with Crippen LogP contribution in [0.1, 0.15) is 30.1 Å². The van der Waals surface area contributed by atoms with Crippen molar-refractivity contribution in [3.8, 4) is 0 Å². The monoisotopic (exact) mass is 344 g/mol. The summed E-state index contributed by atoms with van der Waals surface area (Å²) >= 11 is 0. The van der Waals surface area contributed by atoms with Crippen LogP contribution in [0, 0.1) is 0 Å². The van der Waals surface area contributed by atoms with Crippen LogP contribution in [0.4, 0.5) is 0 Å². The quantitative estimate of drug-likeness (QED) is 0.748. The van der Waals surface area contributed by atoms with Crippen molar-refractivity contribution in [3.63, 3.8) is 0 Å². The Labute approximate surface area is 147 Å². The minimum atomic E-state index is -1.20. The first-order chi connectivity index (χ1) is 12.1. The molecular weight excluding hydrogens is 320 g/mol. The van der Waals surface area contributed by atoms with Crippen LogP contribution < -0.4 is 0 Å². The SMILES string of the molecule is OC1CC[C@H](OCc2ccccc2)[C@H]([C@H](O)[C@H](O)c2ccccc2)O1. The van der Waals surface area contributed by atoms with E-state index in [-0.39, 0.29) is 0 Å². The average molecular weight is 344 g/mol. The van der Waals surface area contributed by atoms with Crippen LogP contribution in [0.2, 0.25) is 0 Å². The van der Waals surface area contributed by atoms with Gasteiger partial charge in [0.25, 0.3) is 0 Å². The molecule has 0 aliphatic carbocycles. The number of rotatable bonds is 6. The molecule has 2 aromatic rings. The Morgan fingerprint density at radius 2 is 1.60 bits per heavy atom. The van der Waals surface area contributed by atoms with Gasteiger partial charge in [-0.05, 0) is 17.5 Å². The molecule has 1 heterocycles. The van der Waals surface area contributed by atoms with Gasteiger partial charge in [-0.15, -0.1) is 0 Å². The van der Waals surface area contributed by atoms with Crippen LogP contribution in [0.5, 0.6) is 0 Å². The molecule has 5 heteroatoms. The minimum Gasteiger partial charge on any atom is -0.387 e. The maximum atomic E-state index is 10.6. The largest absolute Gasteiger partial charge is 0.387 e. The predicted molar refractivity (Wildman–Crippen MR) is 92.5 cm³/mol. The highest BCUT2D eigenvalue weighted by molar-refractivity contribution is 5.19. The van der Waals surface area contributed by atoms with E-state index in [0.717, 1.165) is 5.56 Å². The van der Waals surface area contributed by atoms with E-state index in [1.807, 2.05) is 36.4 Å².